The number of amides is 1. The van der Waals surface area contributed by atoms with Gasteiger partial charge >= 0.3 is 0 Å². The maximum atomic E-state index is 13.3. The molecule has 0 unspecified atom stereocenters. The van der Waals surface area contributed by atoms with E-state index in [9.17, 15) is 4.79 Å². The van der Waals surface area contributed by atoms with Crippen molar-refractivity contribution in [3.8, 4) is 11.4 Å². The van der Waals surface area contributed by atoms with Crippen molar-refractivity contribution in [3.05, 3.63) is 66.2 Å². The normalized spacial score (nSPS) is 15.4. The van der Waals surface area contributed by atoms with Gasteiger partial charge in [-0.05, 0) is 5.56 Å². The number of ether oxygens (including phenoxy) is 1. The first-order valence-corrected chi connectivity index (χ1v) is 10.1. The second kappa shape index (κ2) is 8.58. The maximum absolute atomic E-state index is 13.3. The third-order valence-electron chi connectivity index (χ3n) is 4.74. The van der Waals surface area contributed by atoms with Gasteiger partial charge in [-0.25, -0.2) is 0 Å². The molecule has 1 aromatic heterocycles. The molecular weight excluding hydrogens is 372 g/mol. The number of aromatic nitrogens is 3. The Morgan fingerprint density at radius 2 is 1.64 bits per heavy atom. The fraction of sp³-hybridized carbons (Fsp3) is 0.286. The minimum absolute atomic E-state index is 0.0868. The molecule has 2 aromatic carbocycles. The first-order valence-electron chi connectivity index (χ1n) is 9.27. The number of morpholine rings is 1. The van der Waals surface area contributed by atoms with Gasteiger partial charge < -0.3 is 14.2 Å². The van der Waals surface area contributed by atoms with Crippen LogP contribution in [-0.4, -0.2) is 51.9 Å². The molecule has 0 radical (unpaired) electrons. The summed E-state index contributed by atoms with van der Waals surface area (Å²) in [5.74, 6) is 0.873. The Kier molecular flexibility index (Phi) is 5.73. The van der Waals surface area contributed by atoms with Crippen molar-refractivity contribution in [2.45, 2.75) is 10.4 Å². The van der Waals surface area contributed by atoms with Gasteiger partial charge in [-0.2, -0.15) is 0 Å². The molecule has 7 heteroatoms. The van der Waals surface area contributed by atoms with Crippen LogP contribution in [0.5, 0.6) is 0 Å². The summed E-state index contributed by atoms with van der Waals surface area (Å²) in [6.45, 7) is 2.41. The standard InChI is InChI=1S/C21H22N4O2S/c1-24-19(17-10-6-3-7-11-17)22-23-21(24)28-18(16-8-4-2-5-9-16)20(26)25-12-14-27-15-13-25/h2-11,18H,12-15H2,1H3/t18-/m1/s1. The van der Waals surface area contributed by atoms with E-state index in [4.69, 9.17) is 4.74 Å². The number of thioether (sulfide) groups is 1. The number of carbonyl (C=O) groups excluding carboxylic acids is 1. The van der Waals surface area contributed by atoms with E-state index in [2.05, 4.69) is 10.2 Å². The molecule has 1 aliphatic heterocycles. The lowest BCUT2D eigenvalue weighted by atomic mass is 10.1. The number of hydrogen-bond acceptors (Lipinski definition) is 5. The van der Waals surface area contributed by atoms with Crippen molar-refractivity contribution in [1.82, 2.24) is 19.7 Å². The highest BCUT2D eigenvalue weighted by Gasteiger charge is 2.30. The van der Waals surface area contributed by atoms with Crippen LogP contribution in [0.25, 0.3) is 11.4 Å². The van der Waals surface area contributed by atoms with Crippen LogP contribution in [-0.2, 0) is 16.6 Å². The summed E-state index contributed by atoms with van der Waals surface area (Å²) in [5.41, 5.74) is 1.97. The van der Waals surface area contributed by atoms with Crippen molar-refractivity contribution in [3.63, 3.8) is 0 Å². The second-order valence-electron chi connectivity index (χ2n) is 6.58. The van der Waals surface area contributed by atoms with Gasteiger partial charge in [0.2, 0.25) is 5.91 Å². The summed E-state index contributed by atoms with van der Waals surface area (Å²) < 4.78 is 7.34. The molecule has 2 heterocycles. The van der Waals surface area contributed by atoms with E-state index in [-0.39, 0.29) is 11.2 Å². The summed E-state index contributed by atoms with van der Waals surface area (Å²) in [6.07, 6.45) is 0. The Labute approximate surface area is 168 Å². The van der Waals surface area contributed by atoms with E-state index in [1.807, 2.05) is 77.2 Å². The summed E-state index contributed by atoms with van der Waals surface area (Å²) >= 11 is 1.44. The lowest BCUT2D eigenvalue weighted by Crippen LogP contribution is -2.42. The topological polar surface area (TPSA) is 60.2 Å². The highest BCUT2D eigenvalue weighted by Crippen LogP contribution is 2.37. The van der Waals surface area contributed by atoms with Gasteiger partial charge in [-0.3, -0.25) is 4.79 Å². The monoisotopic (exact) mass is 394 g/mol. The summed E-state index contributed by atoms with van der Waals surface area (Å²) in [5, 5.41) is 9.06. The summed E-state index contributed by atoms with van der Waals surface area (Å²) in [7, 11) is 1.94. The second-order valence-corrected chi connectivity index (χ2v) is 7.65. The van der Waals surface area contributed by atoms with Gasteiger partial charge in [0.25, 0.3) is 0 Å². The fourth-order valence-electron chi connectivity index (χ4n) is 3.20. The molecule has 6 nitrogen and oxygen atoms in total. The van der Waals surface area contributed by atoms with Crippen molar-refractivity contribution in [1.29, 1.82) is 0 Å². The molecule has 1 fully saturated rings. The first-order chi connectivity index (χ1) is 13.7. The van der Waals surface area contributed by atoms with Crippen LogP contribution in [0.4, 0.5) is 0 Å². The summed E-state index contributed by atoms with van der Waals surface area (Å²) in [4.78, 5) is 15.2. The number of nitrogens with zero attached hydrogens (tertiary/aromatic N) is 4. The summed E-state index contributed by atoms with van der Waals surface area (Å²) in [6, 6.07) is 19.8. The molecule has 0 saturated carbocycles. The molecule has 1 atom stereocenters. The largest absolute Gasteiger partial charge is 0.378 e. The quantitative estimate of drug-likeness (QED) is 0.622. The van der Waals surface area contributed by atoms with Crippen LogP contribution in [0.3, 0.4) is 0 Å². The molecule has 3 aromatic rings. The first kappa shape index (κ1) is 18.7. The third-order valence-corrected chi connectivity index (χ3v) is 6.02. The Morgan fingerprint density at radius 1 is 1.00 bits per heavy atom. The van der Waals surface area contributed by atoms with Gasteiger partial charge in [0.05, 0.1) is 13.2 Å². The van der Waals surface area contributed by atoms with E-state index >= 15 is 0 Å². The van der Waals surface area contributed by atoms with Gasteiger partial charge in [0.1, 0.15) is 5.25 Å². The van der Waals surface area contributed by atoms with Gasteiger partial charge in [-0.1, -0.05) is 72.4 Å². The molecule has 0 N–H and O–H groups in total. The Morgan fingerprint density at radius 3 is 2.32 bits per heavy atom. The van der Waals surface area contributed by atoms with Crippen LogP contribution in [0, 0.1) is 0 Å². The van der Waals surface area contributed by atoms with Crippen molar-refractivity contribution >= 4 is 17.7 Å². The van der Waals surface area contributed by atoms with Crippen LogP contribution >= 0.6 is 11.8 Å². The Hall–Kier alpha value is -2.64. The van der Waals surface area contributed by atoms with Crippen LogP contribution in [0.15, 0.2) is 65.8 Å². The molecule has 28 heavy (non-hydrogen) atoms. The van der Waals surface area contributed by atoms with E-state index in [0.717, 1.165) is 17.0 Å². The lowest BCUT2D eigenvalue weighted by molar-refractivity contribution is -0.134. The van der Waals surface area contributed by atoms with Crippen molar-refractivity contribution < 1.29 is 9.53 Å². The van der Waals surface area contributed by atoms with E-state index in [1.165, 1.54) is 11.8 Å². The SMILES string of the molecule is Cn1c(S[C@@H](C(=O)N2CCOCC2)c2ccccc2)nnc1-c1ccccc1. The molecule has 0 aliphatic carbocycles. The zero-order valence-electron chi connectivity index (χ0n) is 15.7. The molecule has 144 valence electrons. The van der Waals surface area contributed by atoms with Gasteiger partial charge in [-0.15, -0.1) is 10.2 Å². The molecular formula is C21H22N4O2S. The Bertz CT molecular complexity index is 924. The predicted molar refractivity (Wildman–Crippen MR) is 109 cm³/mol. The van der Waals surface area contributed by atoms with Gasteiger partial charge in [0.15, 0.2) is 11.0 Å². The van der Waals surface area contributed by atoms with Crippen LogP contribution in [0.1, 0.15) is 10.8 Å². The van der Waals surface area contributed by atoms with Crippen molar-refractivity contribution in [2.24, 2.45) is 7.05 Å². The number of rotatable bonds is 5. The van der Waals surface area contributed by atoms with Crippen LogP contribution < -0.4 is 0 Å². The van der Waals surface area contributed by atoms with Gasteiger partial charge in [0, 0.05) is 25.7 Å². The smallest absolute Gasteiger partial charge is 0.240 e. The van der Waals surface area contributed by atoms with E-state index in [0.29, 0.717) is 31.5 Å². The fourth-order valence-corrected chi connectivity index (χ4v) is 4.29. The van der Waals surface area contributed by atoms with Crippen molar-refractivity contribution in [2.75, 3.05) is 26.3 Å². The minimum atomic E-state index is -0.370. The Balaban J connectivity index is 1.63. The predicted octanol–water partition coefficient (Wildman–Crippen LogP) is 3.17. The molecule has 0 spiro atoms. The average Bonchev–Trinajstić information content (AvgIpc) is 3.13. The molecule has 1 amide bonds. The molecule has 1 aliphatic rings. The number of hydrogen-bond donors (Lipinski definition) is 0. The molecule has 4 rings (SSSR count). The molecule has 0 bridgehead atoms. The highest BCUT2D eigenvalue weighted by atomic mass is 32.2. The lowest BCUT2D eigenvalue weighted by Gasteiger charge is -2.30. The maximum Gasteiger partial charge on any atom is 0.240 e. The van der Waals surface area contributed by atoms with E-state index in [1.54, 1.807) is 0 Å². The number of benzene rings is 2. The third kappa shape index (κ3) is 3.95. The van der Waals surface area contributed by atoms with Crippen LogP contribution in [0.2, 0.25) is 0 Å². The minimum Gasteiger partial charge on any atom is -0.378 e. The zero-order valence-corrected chi connectivity index (χ0v) is 16.5. The van der Waals surface area contributed by atoms with E-state index < -0.39 is 0 Å². The highest BCUT2D eigenvalue weighted by molar-refractivity contribution is 8.00. The number of carbonyl (C=O) groups is 1. The molecule has 1 saturated heterocycles. The average molecular weight is 394 g/mol. The zero-order chi connectivity index (χ0) is 19.3.